The van der Waals surface area contributed by atoms with Gasteiger partial charge in [0.2, 0.25) is 0 Å². The van der Waals surface area contributed by atoms with Crippen LogP contribution >= 0.6 is 0 Å². The Balaban J connectivity index is 2.41. The molecule has 0 aliphatic heterocycles. The maximum atomic E-state index is 10.8. The molecule has 0 amide bonds. The first kappa shape index (κ1) is 7.34. The Bertz CT molecular complexity index is 319. The molecule has 0 fully saturated rings. The molecule has 12 heavy (non-hydrogen) atoms. The van der Waals surface area contributed by atoms with Crippen LogP contribution in [0.25, 0.3) is 0 Å². The van der Waals surface area contributed by atoms with Crippen LogP contribution in [0.1, 0.15) is 24.1 Å². The van der Waals surface area contributed by atoms with E-state index in [1.807, 2.05) is 6.92 Å². The fourth-order valence-corrected chi connectivity index (χ4v) is 1.88. The molecule has 0 aromatic carbocycles. The topological polar surface area (TPSA) is 66.0 Å². The lowest BCUT2D eigenvalue weighted by Gasteiger charge is -2.08. The van der Waals surface area contributed by atoms with Gasteiger partial charge in [0.25, 0.3) is 0 Å². The number of carbonyl (C=O) groups is 1. The Morgan fingerprint density at radius 1 is 1.83 bits per heavy atom. The fourth-order valence-electron chi connectivity index (χ4n) is 1.88. The summed E-state index contributed by atoms with van der Waals surface area (Å²) >= 11 is 0. The van der Waals surface area contributed by atoms with Crippen molar-refractivity contribution in [3.8, 4) is 0 Å². The number of aliphatic carboxylic acids is 1. The van der Waals surface area contributed by atoms with E-state index in [0.29, 0.717) is 0 Å². The van der Waals surface area contributed by atoms with Gasteiger partial charge in [-0.1, -0.05) is 6.92 Å². The molecule has 2 N–H and O–H groups in total. The maximum Gasteiger partial charge on any atom is 0.311 e. The van der Waals surface area contributed by atoms with Crippen molar-refractivity contribution in [1.29, 1.82) is 0 Å². The summed E-state index contributed by atoms with van der Waals surface area (Å²) in [7, 11) is 0. The largest absolute Gasteiger partial charge is 0.481 e. The van der Waals surface area contributed by atoms with Crippen LogP contribution in [-0.2, 0) is 11.2 Å². The molecule has 0 bridgehead atoms. The van der Waals surface area contributed by atoms with E-state index in [2.05, 4.69) is 10.2 Å². The third-order valence-corrected chi connectivity index (χ3v) is 2.45. The van der Waals surface area contributed by atoms with Crippen LogP contribution in [0, 0.1) is 5.92 Å². The van der Waals surface area contributed by atoms with Crippen molar-refractivity contribution in [3.05, 3.63) is 17.5 Å². The summed E-state index contributed by atoms with van der Waals surface area (Å²) < 4.78 is 0. The summed E-state index contributed by atoms with van der Waals surface area (Å²) in [5.41, 5.74) is 1.84. The lowest BCUT2D eigenvalue weighted by molar-refractivity contribution is -0.139. The first-order chi connectivity index (χ1) is 5.70. The van der Waals surface area contributed by atoms with Crippen molar-refractivity contribution in [2.45, 2.75) is 19.3 Å². The van der Waals surface area contributed by atoms with E-state index in [1.54, 1.807) is 6.20 Å². The number of aromatic nitrogens is 2. The summed E-state index contributed by atoms with van der Waals surface area (Å²) in [5.74, 6) is -0.923. The molecule has 0 saturated heterocycles. The van der Waals surface area contributed by atoms with E-state index in [9.17, 15) is 4.79 Å². The van der Waals surface area contributed by atoms with Gasteiger partial charge in [0.1, 0.15) is 0 Å². The van der Waals surface area contributed by atoms with Gasteiger partial charge in [0.15, 0.2) is 0 Å². The molecule has 1 aromatic heterocycles. The van der Waals surface area contributed by atoms with Gasteiger partial charge in [-0.25, -0.2) is 0 Å². The smallest absolute Gasteiger partial charge is 0.311 e. The van der Waals surface area contributed by atoms with Crippen molar-refractivity contribution >= 4 is 5.97 Å². The van der Waals surface area contributed by atoms with E-state index in [0.717, 1.165) is 17.7 Å². The van der Waals surface area contributed by atoms with Gasteiger partial charge in [-0.2, -0.15) is 5.10 Å². The summed E-state index contributed by atoms with van der Waals surface area (Å²) in [6.07, 6.45) is 2.42. The number of hydrogen-bond donors (Lipinski definition) is 2. The van der Waals surface area contributed by atoms with Crippen LogP contribution in [-0.4, -0.2) is 21.3 Å². The second-order valence-electron chi connectivity index (χ2n) is 3.30. The molecule has 4 heteroatoms. The zero-order valence-corrected chi connectivity index (χ0v) is 6.74. The Hall–Kier alpha value is -1.32. The molecular weight excluding hydrogens is 156 g/mol. The third kappa shape index (κ3) is 0.841. The third-order valence-electron chi connectivity index (χ3n) is 2.45. The Morgan fingerprint density at radius 2 is 2.58 bits per heavy atom. The number of carboxylic acid groups (broad SMARTS) is 1. The van der Waals surface area contributed by atoms with E-state index < -0.39 is 5.97 Å². The molecule has 4 nitrogen and oxygen atoms in total. The average Bonchev–Trinajstić information content (AvgIpc) is 2.44. The molecule has 0 spiro atoms. The average molecular weight is 166 g/mol. The van der Waals surface area contributed by atoms with Crippen molar-refractivity contribution in [1.82, 2.24) is 10.2 Å². The Labute approximate surface area is 69.6 Å². The van der Waals surface area contributed by atoms with Gasteiger partial charge in [-0.05, 0) is 12.3 Å². The zero-order valence-electron chi connectivity index (χ0n) is 6.74. The molecule has 2 atom stereocenters. The van der Waals surface area contributed by atoms with Crippen molar-refractivity contribution in [3.63, 3.8) is 0 Å². The van der Waals surface area contributed by atoms with Crippen LogP contribution in [0.3, 0.4) is 0 Å². The lowest BCUT2D eigenvalue weighted by Crippen LogP contribution is -2.14. The number of fused-ring (bicyclic) bond motifs is 1. The monoisotopic (exact) mass is 166 g/mol. The fraction of sp³-hybridized carbons (Fsp3) is 0.500. The molecular formula is C8H10N2O2. The van der Waals surface area contributed by atoms with E-state index >= 15 is 0 Å². The standard InChI is InChI=1S/C8H10N2O2/c1-4-2-6-5(3-9-10-6)7(4)8(11)12/h3-4,7H,2H2,1H3,(H,9,10)(H,11,12). The summed E-state index contributed by atoms with van der Waals surface area (Å²) in [5, 5.41) is 15.5. The molecule has 2 rings (SSSR count). The predicted molar refractivity (Wildman–Crippen MR) is 41.8 cm³/mol. The summed E-state index contributed by atoms with van der Waals surface area (Å²) in [6.45, 7) is 1.95. The maximum absolute atomic E-state index is 10.8. The highest BCUT2D eigenvalue weighted by Gasteiger charge is 2.36. The van der Waals surface area contributed by atoms with Gasteiger partial charge in [-0.3, -0.25) is 9.89 Å². The van der Waals surface area contributed by atoms with Crippen molar-refractivity contribution < 1.29 is 9.90 Å². The second kappa shape index (κ2) is 2.33. The number of carboxylic acids is 1. The molecule has 0 saturated carbocycles. The minimum Gasteiger partial charge on any atom is -0.481 e. The molecule has 0 radical (unpaired) electrons. The molecule has 1 heterocycles. The van der Waals surface area contributed by atoms with Crippen LogP contribution < -0.4 is 0 Å². The second-order valence-corrected chi connectivity index (χ2v) is 3.30. The van der Waals surface area contributed by atoms with Crippen LogP contribution in [0.5, 0.6) is 0 Å². The van der Waals surface area contributed by atoms with Crippen LogP contribution in [0.15, 0.2) is 6.20 Å². The van der Waals surface area contributed by atoms with E-state index in [-0.39, 0.29) is 11.8 Å². The minimum atomic E-state index is -0.748. The highest BCUT2D eigenvalue weighted by atomic mass is 16.4. The normalized spacial score (nSPS) is 27.1. The Kier molecular flexibility index (Phi) is 1.43. The van der Waals surface area contributed by atoms with Gasteiger partial charge >= 0.3 is 5.97 Å². The molecule has 64 valence electrons. The number of aromatic amines is 1. The van der Waals surface area contributed by atoms with Gasteiger partial charge in [-0.15, -0.1) is 0 Å². The van der Waals surface area contributed by atoms with Gasteiger partial charge in [0, 0.05) is 11.3 Å². The highest BCUT2D eigenvalue weighted by molar-refractivity contribution is 5.77. The molecule has 1 aromatic rings. The first-order valence-electron chi connectivity index (χ1n) is 3.95. The number of H-pyrrole nitrogens is 1. The van der Waals surface area contributed by atoms with E-state index in [1.165, 1.54) is 0 Å². The summed E-state index contributed by atoms with van der Waals surface area (Å²) in [4.78, 5) is 10.8. The first-order valence-corrected chi connectivity index (χ1v) is 3.95. The summed E-state index contributed by atoms with van der Waals surface area (Å²) in [6, 6.07) is 0. The van der Waals surface area contributed by atoms with Gasteiger partial charge in [0.05, 0.1) is 12.1 Å². The predicted octanol–water partition coefficient (Wildman–Crippen LogP) is 0.770. The molecule has 1 aliphatic rings. The zero-order chi connectivity index (χ0) is 8.72. The SMILES string of the molecule is CC1Cc2[nH]ncc2C1C(=O)O. The quantitative estimate of drug-likeness (QED) is 0.647. The van der Waals surface area contributed by atoms with Crippen molar-refractivity contribution in [2.75, 3.05) is 0 Å². The number of nitrogens with one attached hydrogen (secondary N) is 1. The van der Waals surface area contributed by atoms with E-state index in [4.69, 9.17) is 5.11 Å². The van der Waals surface area contributed by atoms with Crippen LogP contribution in [0.2, 0.25) is 0 Å². The van der Waals surface area contributed by atoms with Gasteiger partial charge < -0.3 is 5.11 Å². The lowest BCUT2D eigenvalue weighted by atomic mass is 9.95. The number of rotatable bonds is 1. The molecule has 1 aliphatic carbocycles. The Morgan fingerprint density at radius 3 is 3.25 bits per heavy atom. The number of nitrogens with zero attached hydrogens (tertiary/aromatic N) is 1. The molecule has 2 unspecified atom stereocenters. The number of hydrogen-bond acceptors (Lipinski definition) is 2. The van der Waals surface area contributed by atoms with Crippen molar-refractivity contribution in [2.24, 2.45) is 5.92 Å². The van der Waals surface area contributed by atoms with Crippen LogP contribution in [0.4, 0.5) is 0 Å². The minimum absolute atomic E-state index is 0.187. The highest BCUT2D eigenvalue weighted by Crippen LogP contribution is 2.36.